The number of hydrogen-bond acceptors (Lipinski definition) is 5. The van der Waals surface area contributed by atoms with Crippen LogP contribution in [0, 0.1) is 18.3 Å². The van der Waals surface area contributed by atoms with Crippen molar-refractivity contribution >= 4 is 45.2 Å². The fourth-order valence-corrected chi connectivity index (χ4v) is 4.64. The molecule has 0 fully saturated rings. The van der Waals surface area contributed by atoms with Gasteiger partial charge in [-0.05, 0) is 101 Å². The van der Waals surface area contributed by atoms with E-state index < -0.39 is 5.91 Å². The molecule has 1 N–H and O–H groups in total. The van der Waals surface area contributed by atoms with E-state index in [0.29, 0.717) is 51.2 Å². The van der Waals surface area contributed by atoms with Crippen LogP contribution in [0.1, 0.15) is 29.2 Å². The number of benzene rings is 4. The summed E-state index contributed by atoms with van der Waals surface area (Å²) in [4.78, 5) is 12.9. The van der Waals surface area contributed by atoms with Crippen molar-refractivity contribution in [1.82, 2.24) is 0 Å². The van der Waals surface area contributed by atoms with E-state index in [9.17, 15) is 10.1 Å². The molecule has 0 heterocycles. The number of aryl methyl sites for hydroxylation is 1. The van der Waals surface area contributed by atoms with Crippen LogP contribution in [0.3, 0.4) is 0 Å². The van der Waals surface area contributed by atoms with Gasteiger partial charge in [0.15, 0.2) is 11.5 Å². The van der Waals surface area contributed by atoms with Crippen LogP contribution in [0.25, 0.3) is 6.08 Å². The molecule has 41 heavy (non-hydrogen) atoms. The molecule has 0 spiro atoms. The van der Waals surface area contributed by atoms with Crippen LogP contribution in [0.15, 0.2) is 95.0 Å². The summed E-state index contributed by atoms with van der Waals surface area (Å²) < 4.78 is 18.3. The normalized spacial score (nSPS) is 11.0. The van der Waals surface area contributed by atoms with Crippen molar-refractivity contribution in [3.63, 3.8) is 0 Å². The first-order valence-corrected chi connectivity index (χ1v) is 14.1. The summed E-state index contributed by atoms with van der Waals surface area (Å²) in [6.45, 7) is 5.04. The van der Waals surface area contributed by atoms with Gasteiger partial charge in [0.25, 0.3) is 5.91 Å². The zero-order valence-corrected chi connectivity index (χ0v) is 25.0. The zero-order valence-electron chi connectivity index (χ0n) is 22.6. The van der Waals surface area contributed by atoms with Gasteiger partial charge >= 0.3 is 0 Å². The number of carbonyl (C=O) groups excluding carboxylic acids is 1. The Bertz CT molecular complexity index is 1580. The second kappa shape index (κ2) is 14.4. The van der Waals surface area contributed by atoms with E-state index in [0.717, 1.165) is 11.1 Å². The lowest BCUT2D eigenvalue weighted by Crippen LogP contribution is -2.13. The van der Waals surface area contributed by atoms with Gasteiger partial charge in [-0.1, -0.05) is 53.6 Å². The number of nitrogens with zero attached hydrogens (tertiary/aromatic N) is 1. The zero-order chi connectivity index (χ0) is 29.2. The number of carbonyl (C=O) groups is 1. The van der Waals surface area contributed by atoms with Crippen LogP contribution >= 0.6 is 27.5 Å². The van der Waals surface area contributed by atoms with Crippen molar-refractivity contribution in [2.75, 3.05) is 11.9 Å². The van der Waals surface area contributed by atoms with E-state index in [-0.39, 0.29) is 12.2 Å². The van der Waals surface area contributed by atoms with Crippen LogP contribution < -0.4 is 19.5 Å². The summed E-state index contributed by atoms with van der Waals surface area (Å²) in [5.41, 5.74) is 4.24. The van der Waals surface area contributed by atoms with E-state index >= 15 is 0 Å². The number of rotatable bonds is 11. The highest BCUT2D eigenvalue weighted by Crippen LogP contribution is 2.38. The average Bonchev–Trinajstić information content (AvgIpc) is 2.96. The summed E-state index contributed by atoms with van der Waals surface area (Å²) in [6, 6.07) is 28.0. The number of anilines is 1. The van der Waals surface area contributed by atoms with Gasteiger partial charge in [0.05, 0.1) is 11.1 Å². The van der Waals surface area contributed by atoms with Gasteiger partial charge in [-0.25, -0.2) is 0 Å². The van der Waals surface area contributed by atoms with Crippen molar-refractivity contribution in [1.29, 1.82) is 5.26 Å². The summed E-state index contributed by atoms with van der Waals surface area (Å²) in [7, 11) is 0. The molecule has 1 amide bonds. The average molecular weight is 632 g/mol. The Kier molecular flexibility index (Phi) is 10.4. The number of nitrogens with one attached hydrogen (secondary N) is 1. The molecule has 4 aromatic rings. The number of hydrogen-bond donors (Lipinski definition) is 1. The molecule has 4 rings (SSSR count). The maximum Gasteiger partial charge on any atom is 0.266 e. The smallest absolute Gasteiger partial charge is 0.266 e. The van der Waals surface area contributed by atoms with Gasteiger partial charge in [-0.2, -0.15) is 5.26 Å². The molecule has 0 radical (unpaired) electrons. The minimum Gasteiger partial charge on any atom is -0.490 e. The Labute approximate surface area is 253 Å². The Hall–Kier alpha value is -4.25. The van der Waals surface area contributed by atoms with Crippen molar-refractivity contribution in [3.8, 4) is 23.3 Å². The van der Waals surface area contributed by atoms with Crippen LogP contribution in [0.5, 0.6) is 17.2 Å². The Morgan fingerprint density at radius 3 is 2.37 bits per heavy atom. The van der Waals surface area contributed by atoms with Crippen molar-refractivity contribution < 1.29 is 19.0 Å². The van der Waals surface area contributed by atoms with Gasteiger partial charge in [0.2, 0.25) is 0 Å². The predicted molar refractivity (Wildman–Crippen MR) is 165 cm³/mol. The van der Waals surface area contributed by atoms with E-state index in [1.165, 1.54) is 11.6 Å². The minimum absolute atomic E-state index is 0.0633. The minimum atomic E-state index is -0.531. The van der Waals surface area contributed by atoms with Gasteiger partial charge in [-0.3, -0.25) is 4.79 Å². The van der Waals surface area contributed by atoms with E-state index in [1.807, 2.05) is 62.4 Å². The lowest BCUT2D eigenvalue weighted by molar-refractivity contribution is -0.112. The summed E-state index contributed by atoms with van der Waals surface area (Å²) in [6.07, 6.45) is 1.50. The first-order chi connectivity index (χ1) is 19.8. The van der Waals surface area contributed by atoms with E-state index in [4.69, 9.17) is 25.8 Å². The third kappa shape index (κ3) is 8.62. The molecule has 8 heteroatoms. The lowest BCUT2D eigenvalue weighted by atomic mass is 10.1. The van der Waals surface area contributed by atoms with E-state index in [2.05, 4.69) is 21.2 Å². The van der Waals surface area contributed by atoms with Crippen molar-refractivity contribution in [2.24, 2.45) is 0 Å². The monoisotopic (exact) mass is 630 g/mol. The maximum absolute atomic E-state index is 12.9. The quantitative estimate of drug-likeness (QED) is 0.133. The predicted octanol–water partition coefficient (Wildman–Crippen LogP) is 8.51. The summed E-state index contributed by atoms with van der Waals surface area (Å²) in [5.74, 6) is 1.13. The lowest BCUT2D eigenvalue weighted by Gasteiger charge is -2.15. The Morgan fingerprint density at radius 2 is 1.68 bits per heavy atom. The molecule has 6 nitrogen and oxygen atoms in total. The molecule has 0 aliphatic heterocycles. The largest absolute Gasteiger partial charge is 0.490 e. The first-order valence-electron chi connectivity index (χ1n) is 12.9. The molecule has 0 aromatic heterocycles. The van der Waals surface area contributed by atoms with Crippen molar-refractivity contribution in [3.05, 3.63) is 122 Å². The third-order valence-electron chi connectivity index (χ3n) is 5.92. The van der Waals surface area contributed by atoms with Gasteiger partial charge in [0, 0.05) is 10.7 Å². The van der Waals surface area contributed by atoms with Crippen LogP contribution in [-0.2, 0) is 18.0 Å². The molecular formula is C33H28BrClN2O4. The highest BCUT2D eigenvalue weighted by atomic mass is 79.9. The molecule has 0 saturated carbocycles. The number of amides is 1. The molecule has 0 bridgehead atoms. The molecule has 0 aliphatic rings. The standard InChI is InChI=1S/C33H28BrClN2O4/c1-3-39-31-18-25(17-30(34)32(31)41-21-24-5-4-6-27(35)16-24)15-26(19-36)33(38)37-28-11-13-29(14-12-28)40-20-23-9-7-22(2)8-10-23/h4-18H,3,20-21H2,1-2H3,(H,37,38)/b26-15+. The number of halogens is 2. The second-order valence-electron chi connectivity index (χ2n) is 9.10. The third-order valence-corrected chi connectivity index (χ3v) is 6.74. The Balaban J connectivity index is 1.43. The highest BCUT2D eigenvalue weighted by molar-refractivity contribution is 9.10. The van der Waals surface area contributed by atoms with Crippen LogP contribution in [0.4, 0.5) is 5.69 Å². The number of ether oxygens (including phenoxy) is 3. The number of nitriles is 1. The molecule has 0 aliphatic carbocycles. The molecule has 208 valence electrons. The SMILES string of the molecule is CCOc1cc(/C=C(\C#N)C(=O)Nc2ccc(OCc3ccc(C)cc3)cc2)cc(Br)c1OCc1cccc(Cl)c1. The van der Waals surface area contributed by atoms with Gasteiger partial charge in [-0.15, -0.1) is 0 Å². The second-order valence-corrected chi connectivity index (χ2v) is 10.4. The van der Waals surface area contributed by atoms with Gasteiger partial charge in [0.1, 0.15) is 30.6 Å². The fourth-order valence-electron chi connectivity index (χ4n) is 3.86. The van der Waals surface area contributed by atoms with Crippen LogP contribution in [-0.4, -0.2) is 12.5 Å². The topological polar surface area (TPSA) is 80.6 Å². The van der Waals surface area contributed by atoms with Crippen molar-refractivity contribution in [2.45, 2.75) is 27.1 Å². The first kappa shape index (κ1) is 29.7. The fraction of sp³-hybridized carbons (Fsp3) is 0.152. The molecule has 0 saturated heterocycles. The summed E-state index contributed by atoms with van der Waals surface area (Å²) in [5, 5.41) is 13.1. The van der Waals surface area contributed by atoms with Gasteiger partial charge < -0.3 is 19.5 Å². The van der Waals surface area contributed by atoms with Crippen LogP contribution in [0.2, 0.25) is 5.02 Å². The molecular weight excluding hydrogens is 604 g/mol. The molecule has 4 aromatic carbocycles. The van der Waals surface area contributed by atoms with E-state index in [1.54, 1.807) is 42.5 Å². The maximum atomic E-state index is 12.9. The molecule has 0 unspecified atom stereocenters. The molecule has 0 atom stereocenters. The Morgan fingerprint density at radius 1 is 0.951 bits per heavy atom. The highest BCUT2D eigenvalue weighted by Gasteiger charge is 2.15. The summed E-state index contributed by atoms with van der Waals surface area (Å²) >= 11 is 9.62.